The first-order valence-electron chi connectivity index (χ1n) is 8.42. The van der Waals surface area contributed by atoms with Crippen molar-refractivity contribution in [3.63, 3.8) is 0 Å². The summed E-state index contributed by atoms with van der Waals surface area (Å²) < 4.78 is 6.11. The molecule has 2 atom stereocenters. The van der Waals surface area contributed by atoms with Gasteiger partial charge in [0, 0.05) is 32.4 Å². The van der Waals surface area contributed by atoms with E-state index in [1.54, 1.807) is 11.3 Å². The van der Waals surface area contributed by atoms with E-state index in [9.17, 15) is 0 Å². The highest BCUT2D eigenvalue weighted by molar-refractivity contribution is 7.07. The highest BCUT2D eigenvalue weighted by Gasteiger charge is 2.34. The van der Waals surface area contributed by atoms with Crippen molar-refractivity contribution >= 4 is 17.0 Å². The maximum absolute atomic E-state index is 6.11. The molecule has 0 aromatic carbocycles. The van der Waals surface area contributed by atoms with E-state index >= 15 is 0 Å². The molecule has 0 bridgehead atoms. The van der Waals surface area contributed by atoms with Crippen LogP contribution in [0, 0.1) is 0 Å². The number of anilines is 1. The minimum absolute atomic E-state index is 0.344. The quantitative estimate of drug-likeness (QED) is 0.865. The summed E-state index contributed by atoms with van der Waals surface area (Å²) in [6.45, 7) is 5.11. The summed E-state index contributed by atoms with van der Waals surface area (Å²) in [6.07, 6.45) is 6.44. The monoisotopic (exact) mass is 329 g/mol. The number of pyridine rings is 1. The van der Waals surface area contributed by atoms with Gasteiger partial charge in [0.05, 0.1) is 30.6 Å². The molecule has 0 amide bonds. The van der Waals surface area contributed by atoms with Gasteiger partial charge in [-0.3, -0.25) is 9.88 Å². The lowest BCUT2D eigenvalue weighted by Crippen LogP contribution is -2.51. The first-order valence-corrected chi connectivity index (χ1v) is 9.36. The molecule has 4 heterocycles. The van der Waals surface area contributed by atoms with Crippen molar-refractivity contribution in [3.05, 3.63) is 46.9 Å². The Bertz CT molecular complexity index is 604. The van der Waals surface area contributed by atoms with Crippen molar-refractivity contribution in [2.75, 3.05) is 31.1 Å². The van der Waals surface area contributed by atoms with Crippen molar-refractivity contribution in [2.45, 2.75) is 31.5 Å². The fraction of sp³-hybridized carbons (Fsp3) is 0.500. The molecule has 2 aliphatic heterocycles. The Morgan fingerprint density at radius 1 is 1.22 bits per heavy atom. The molecule has 0 aliphatic carbocycles. The number of rotatable bonds is 3. The lowest BCUT2D eigenvalue weighted by Gasteiger charge is -2.41. The number of hydrogen-bond donors (Lipinski definition) is 0. The van der Waals surface area contributed by atoms with Crippen molar-refractivity contribution in [3.8, 4) is 0 Å². The number of aromatic nitrogens is 1. The van der Waals surface area contributed by atoms with Crippen LogP contribution in [0.4, 0.5) is 5.69 Å². The van der Waals surface area contributed by atoms with Crippen LogP contribution in [0.3, 0.4) is 0 Å². The summed E-state index contributed by atoms with van der Waals surface area (Å²) in [4.78, 5) is 9.38. The summed E-state index contributed by atoms with van der Waals surface area (Å²) in [5.41, 5.74) is 2.67. The van der Waals surface area contributed by atoms with Gasteiger partial charge in [-0.15, -0.1) is 0 Å². The molecular weight excluding hydrogens is 306 g/mol. The van der Waals surface area contributed by atoms with Gasteiger partial charge in [-0.2, -0.15) is 11.3 Å². The molecule has 4 rings (SSSR count). The molecule has 0 N–H and O–H groups in total. The topological polar surface area (TPSA) is 28.6 Å². The van der Waals surface area contributed by atoms with Gasteiger partial charge in [-0.1, -0.05) is 0 Å². The molecule has 122 valence electrons. The SMILES string of the molecule is c1cncc(N2CCOC3CCN(Cc4ccsc4)CCC32)c1. The Morgan fingerprint density at radius 2 is 2.17 bits per heavy atom. The summed E-state index contributed by atoms with van der Waals surface area (Å²) in [5.74, 6) is 0. The first-order chi connectivity index (χ1) is 11.4. The molecule has 2 unspecified atom stereocenters. The van der Waals surface area contributed by atoms with E-state index < -0.39 is 0 Å². The first kappa shape index (κ1) is 15.1. The second-order valence-electron chi connectivity index (χ2n) is 6.37. The second kappa shape index (κ2) is 6.99. The molecule has 2 aromatic heterocycles. The van der Waals surface area contributed by atoms with Crippen molar-refractivity contribution in [1.82, 2.24) is 9.88 Å². The molecule has 2 aliphatic rings. The molecule has 0 radical (unpaired) electrons. The summed E-state index contributed by atoms with van der Waals surface area (Å²) in [5, 5.41) is 4.43. The average Bonchev–Trinajstić information content (AvgIpc) is 3.02. The number of fused-ring (bicyclic) bond motifs is 1. The molecule has 23 heavy (non-hydrogen) atoms. The van der Waals surface area contributed by atoms with E-state index in [1.165, 1.54) is 11.3 Å². The lowest BCUT2D eigenvalue weighted by atomic mass is 10.0. The Kier molecular flexibility index (Phi) is 4.60. The van der Waals surface area contributed by atoms with Gasteiger partial charge in [0.1, 0.15) is 0 Å². The number of hydrogen-bond acceptors (Lipinski definition) is 5. The number of nitrogens with zero attached hydrogens (tertiary/aromatic N) is 3. The molecular formula is C18H23N3OS. The van der Waals surface area contributed by atoms with E-state index in [1.807, 2.05) is 18.5 Å². The van der Waals surface area contributed by atoms with Crippen LogP contribution >= 0.6 is 11.3 Å². The number of ether oxygens (including phenoxy) is 1. The Labute approximate surface area is 141 Å². The largest absolute Gasteiger partial charge is 0.374 e. The van der Waals surface area contributed by atoms with Crippen molar-refractivity contribution < 1.29 is 4.74 Å². The standard InChI is InChI=1S/C18H23N3OS/c1-2-16(12-19-6-1)21-9-10-22-18-4-8-20(7-3-17(18)21)13-15-5-11-23-14-15/h1-2,5-6,11-12,14,17-18H,3-4,7-10,13H2. The van der Waals surface area contributed by atoms with E-state index in [-0.39, 0.29) is 0 Å². The Morgan fingerprint density at radius 3 is 3.00 bits per heavy atom. The molecule has 0 saturated carbocycles. The maximum atomic E-state index is 6.11. The van der Waals surface area contributed by atoms with Gasteiger partial charge in [0.25, 0.3) is 0 Å². The fourth-order valence-electron chi connectivity index (χ4n) is 3.78. The normalized spacial score (nSPS) is 25.8. The summed E-state index contributed by atoms with van der Waals surface area (Å²) in [6, 6.07) is 6.91. The third-order valence-electron chi connectivity index (χ3n) is 4.93. The number of likely N-dealkylation sites (tertiary alicyclic amines) is 1. The lowest BCUT2D eigenvalue weighted by molar-refractivity contribution is 0.00893. The van der Waals surface area contributed by atoms with Gasteiger partial charge in [0.15, 0.2) is 0 Å². The number of morpholine rings is 1. The smallest absolute Gasteiger partial charge is 0.0791 e. The van der Waals surface area contributed by atoms with Gasteiger partial charge in [-0.25, -0.2) is 0 Å². The van der Waals surface area contributed by atoms with E-state index in [4.69, 9.17) is 4.74 Å². The van der Waals surface area contributed by atoms with Crippen LogP contribution in [0.1, 0.15) is 18.4 Å². The minimum atomic E-state index is 0.344. The number of thiophene rings is 1. The molecule has 0 spiro atoms. The summed E-state index contributed by atoms with van der Waals surface area (Å²) >= 11 is 1.78. The van der Waals surface area contributed by atoms with Crippen LogP contribution in [-0.4, -0.2) is 48.3 Å². The Balaban J connectivity index is 1.47. The zero-order chi connectivity index (χ0) is 15.5. The minimum Gasteiger partial charge on any atom is -0.374 e. The third kappa shape index (κ3) is 3.42. The van der Waals surface area contributed by atoms with Crippen LogP contribution in [-0.2, 0) is 11.3 Å². The predicted octanol–water partition coefficient (Wildman–Crippen LogP) is 3.01. The zero-order valence-corrected chi connectivity index (χ0v) is 14.1. The van der Waals surface area contributed by atoms with E-state index in [0.717, 1.165) is 45.6 Å². The van der Waals surface area contributed by atoms with Crippen LogP contribution in [0.15, 0.2) is 41.4 Å². The van der Waals surface area contributed by atoms with Crippen LogP contribution in [0.5, 0.6) is 0 Å². The molecule has 4 nitrogen and oxygen atoms in total. The molecule has 2 fully saturated rings. The van der Waals surface area contributed by atoms with E-state index in [2.05, 4.69) is 37.7 Å². The highest BCUT2D eigenvalue weighted by atomic mass is 32.1. The highest BCUT2D eigenvalue weighted by Crippen LogP contribution is 2.28. The molecule has 2 aromatic rings. The maximum Gasteiger partial charge on any atom is 0.0791 e. The van der Waals surface area contributed by atoms with Gasteiger partial charge in [-0.05, 0) is 47.4 Å². The van der Waals surface area contributed by atoms with Gasteiger partial charge >= 0.3 is 0 Å². The Hall–Kier alpha value is -1.43. The zero-order valence-electron chi connectivity index (χ0n) is 13.3. The summed E-state index contributed by atoms with van der Waals surface area (Å²) in [7, 11) is 0. The average molecular weight is 329 g/mol. The van der Waals surface area contributed by atoms with Crippen molar-refractivity contribution in [2.24, 2.45) is 0 Å². The second-order valence-corrected chi connectivity index (χ2v) is 7.15. The fourth-order valence-corrected chi connectivity index (χ4v) is 4.44. The van der Waals surface area contributed by atoms with Crippen LogP contribution in [0.2, 0.25) is 0 Å². The predicted molar refractivity (Wildman–Crippen MR) is 93.9 cm³/mol. The van der Waals surface area contributed by atoms with E-state index in [0.29, 0.717) is 12.1 Å². The molecule has 5 heteroatoms. The van der Waals surface area contributed by atoms with Crippen LogP contribution in [0.25, 0.3) is 0 Å². The van der Waals surface area contributed by atoms with Gasteiger partial charge < -0.3 is 9.64 Å². The third-order valence-corrected chi connectivity index (χ3v) is 5.66. The van der Waals surface area contributed by atoms with Gasteiger partial charge in [0.2, 0.25) is 0 Å². The molecule has 2 saturated heterocycles. The van der Waals surface area contributed by atoms with Crippen LogP contribution < -0.4 is 4.90 Å². The van der Waals surface area contributed by atoms with Crippen molar-refractivity contribution in [1.29, 1.82) is 0 Å².